The average Bonchev–Trinajstić information content (AvgIpc) is 2.89. The third kappa shape index (κ3) is 3.62. The molecule has 1 aliphatic heterocycles. The zero-order chi connectivity index (χ0) is 14.7. The van der Waals surface area contributed by atoms with Gasteiger partial charge in [-0.05, 0) is 70.8 Å². The molecule has 3 fully saturated rings. The van der Waals surface area contributed by atoms with E-state index in [4.69, 9.17) is 9.47 Å². The highest BCUT2D eigenvalue weighted by Crippen LogP contribution is 2.44. The lowest BCUT2D eigenvalue weighted by Gasteiger charge is -2.44. The van der Waals surface area contributed by atoms with Gasteiger partial charge in [-0.2, -0.15) is 0 Å². The fourth-order valence-electron chi connectivity index (χ4n) is 4.92. The Balaban J connectivity index is 1.49. The summed E-state index contributed by atoms with van der Waals surface area (Å²) >= 11 is 0. The second-order valence-corrected chi connectivity index (χ2v) is 7.54. The van der Waals surface area contributed by atoms with Gasteiger partial charge in [0.1, 0.15) is 0 Å². The van der Waals surface area contributed by atoms with E-state index in [1.54, 1.807) is 0 Å². The summed E-state index contributed by atoms with van der Waals surface area (Å²) in [6, 6.07) is 0.680. The fourth-order valence-corrected chi connectivity index (χ4v) is 4.92. The molecule has 3 heteroatoms. The van der Waals surface area contributed by atoms with Crippen LogP contribution in [0.3, 0.4) is 0 Å². The first-order chi connectivity index (χ1) is 10.2. The van der Waals surface area contributed by atoms with Crippen molar-refractivity contribution in [2.45, 2.75) is 82.5 Å². The molecule has 122 valence electrons. The molecule has 1 spiro atoms. The molecule has 2 saturated carbocycles. The zero-order valence-electron chi connectivity index (χ0n) is 13.9. The molecule has 2 unspecified atom stereocenters. The quantitative estimate of drug-likeness (QED) is 0.813. The lowest BCUT2D eigenvalue weighted by molar-refractivity contribution is -0.101. The van der Waals surface area contributed by atoms with E-state index >= 15 is 0 Å². The molecule has 0 aromatic carbocycles. The Morgan fingerprint density at radius 1 is 1.29 bits per heavy atom. The minimum absolute atomic E-state index is 0.255. The highest BCUT2D eigenvalue weighted by molar-refractivity contribution is 4.95. The van der Waals surface area contributed by atoms with Gasteiger partial charge in [-0.1, -0.05) is 12.8 Å². The lowest BCUT2D eigenvalue weighted by atomic mass is 9.73. The lowest BCUT2D eigenvalue weighted by Crippen LogP contribution is -2.46. The van der Waals surface area contributed by atoms with Crippen LogP contribution >= 0.6 is 0 Å². The van der Waals surface area contributed by atoms with Crippen LogP contribution in [0.5, 0.6) is 0 Å². The number of hydrogen-bond donors (Lipinski definition) is 1. The molecule has 1 N–H and O–H groups in total. The van der Waals surface area contributed by atoms with Crippen LogP contribution in [0.15, 0.2) is 0 Å². The SMILES string of the molecule is CCOC1CC(CC(NC)C2CCOC3(CCCC3)C2)C1. The maximum absolute atomic E-state index is 6.20. The van der Waals surface area contributed by atoms with Crippen LogP contribution in [0.1, 0.15) is 64.7 Å². The van der Waals surface area contributed by atoms with Crippen molar-refractivity contribution >= 4 is 0 Å². The second kappa shape index (κ2) is 6.97. The Labute approximate surface area is 130 Å². The largest absolute Gasteiger partial charge is 0.378 e. The van der Waals surface area contributed by atoms with Crippen LogP contribution in [-0.4, -0.2) is 38.0 Å². The molecule has 2 aliphatic carbocycles. The van der Waals surface area contributed by atoms with Crippen molar-refractivity contribution in [1.82, 2.24) is 5.32 Å². The van der Waals surface area contributed by atoms with Crippen LogP contribution in [0.25, 0.3) is 0 Å². The topological polar surface area (TPSA) is 30.5 Å². The van der Waals surface area contributed by atoms with Crippen molar-refractivity contribution in [3.63, 3.8) is 0 Å². The molecule has 0 aromatic heterocycles. The number of rotatable bonds is 6. The molecule has 3 aliphatic rings. The van der Waals surface area contributed by atoms with Gasteiger partial charge in [0.05, 0.1) is 11.7 Å². The Morgan fingerprint density at radius 2 is 2.05 bits per heavy atom. The molecule has 3 rings (SSSR count). The number of nitrogens with one attached hydrogen (secondary N) is 1. The maximum Gasteiger partial charge on any atom is 0.0685 e. The first-order valence-electron chi connectivity index (χ1n) is 9.17. The van der Waals surface area contributed by atoms with Gasteiger partial charge in [0.2, 0.25) is 0 Å². The third-order valence-electron chi connectivity index (χ3n) is 6.17. The predicted molar refractivity (Wildman–Crippen MR) is 85.5 cm³/mol. The third-order valence-corrected chi connectivity index (χ3v) is 6.17. The van der Waals surface area contributed by atoms with E-state index in [0.29, 0.717) is 12.1 Å². The Bertz CT molecular complexity index is 321. The zero-order valence-corrected chi connectivity index (χ0v) is 13.9. The van der Waals surface area contributed by atoms with Crippen molar-refractivity contribution in [3.05, 3.63) is 0 Å². The van der Waals surface area contributed by atoms with E-state index < -0.39 is 0 Å². The van der Waals surface area contributed by atoms with Crippen molar-refractivity contribution in [2.24, 2.45) is 11.8 Å². The molecule has 1 saturated heterocycles. The van der Waals surface area contributed by atoms with E-state index in [2.05, 4.69) is 19.3 Å². The fraction of sp³-hybridized carbons (Fsp3) is 1.00. The molecule has 1 heterocycles. The summed E-state index contributed by atoms with van der Waals surface area (Å²) in [7, 11) is 2.15. The summed E-state index contributed by atoms with van der Waals surface area (Å²) in [4.78, 5) is 0. The number of hydrogen-bond acceptors (Lipinski definition) is 3. The monoisotopic (exact) mass is 295 g/mol. The van der Waals surface area contributed by atoms with Crippen molar-refractivity contribution < 1.29 is 9.47 Å². The van der Waals surface area contributed by atoms with Crippen LogP contribution in [0, 0.1) is 11.8 Å². The first-order valence-corrected chi connectivity index (χ1v) is 9.17. The molecule has 3 nitrogen and oxygen atoms in total. The average molecular weight is 295 g/mol. The van der Waals surface area contributed by atoms with E-state index in [9.17, 15) is 0 Å². The molecular weight excluding hydrogens is 262 g/mol. The van der Waals surface area contributed by atoms with Gasteiger partial charge in [0, 0.05) is 19.3 Å². The molecule has 0 bridgehead atoms. The van der Waals surface area contributed by atoms with E-state index in [-0.39, 0.29) is 5.60 Å². The van der Waals surface area contributed by atoms with Gasteiger partial charge in [-0.15, -0.1) is 0 Å². The number of ether oxygens (including phenoxy) is 2. The minimum atomic E-state index is 0.255. The van der Waals surface area contributed by atoms with Crippen molar-refractivity contribution in [1.29, 1.82) is 0 Å². The first kappa shape index (κ1) is 15.8. The second-order valence-electron chi connectivity index (χ2n) is 7.54. The highest BCUT2D eigenvalue weighted by Gasteiger charge is 2.42. The van der Waals surface area contributed by atoms with Gasteiger partial charge in [0.25, 0.3) is 0 Å². The molecule has 0 radical (unpaired) electrons. The minimum Gasteiger partial charge on any atom is -0.378 e. The van der Waals surface area contributed by atoms with Crippen LogP contribution < -0.4 is 5.32 Å². The Hall–Kier alpha value is -0.120. The summed E-state index contributed by atoms with van der Waals surface area (Å²) in [5.41, 5.74) is 0.255. The van der Waals surface area contributed by atoms with Gasteiger partial charge in [-0.25, -0.2) is 0 Å². The van der Waals surface area contributed by atoms with Crippen molar-refractivity contribution in [2.75, 3.05) is 20.3 Å². The Kier molecular flexibility index (Phi) is 5.23. The van der Waals surface area contributed by atoms with Crippen molar-refractivity contribution in [3.8, 4) is 0 Å². The summed E-state index contributed by atoms with van der Waals surface area (Å²) < 4.78 is 11.9. The summed E-state index contributed by atoms with van der Waals surface area (Å²) in [6.07, 6.45) is 12.3. The normalized spacial score (nSPS) is 36.6. The summed E-state index contributed by atoms with van der Waals surface area (Å²) in [5, 5.41) is 3.63. The summed E-state index contributed by atoms with van der Waals surface area (Å²) in [6.45, 7) is 3.96. The van der Waals surface area contributed by atoms with Gasteiger partial charge >= 0.3 is 0 Å². The van der Waals surface area contributed by atoms with Crippen LogP contribution in [0.4, 0.5) is 0 Å². The van der Waals surface area contributed by atoms with Gasteiger partial charge in [-0.3, -0.25) is 0 Å². The molecule has 21 heavy (non-hydrogen) atoms. The van der Waals surface area contributed by atoms with E-state index in [0.717, 1.165) is 25.0 Å². The van der Waals surface area contributed by atoms with Crippen LogP contribution in [-0.2, 0) is 9.47 Å². The van der Waals surface area contributed by atoms with E-state index in [1.165, 1.54) is 57.8 Å². The molecular formula is C18H33NO2. The van der Waals surface area contributed by atoms with Gasteiger partial charge < -0.3 is 14.8 Å². The van der Waals surface area contributed by atoms with Gasteiger partial charge in [0.15, 0.2) is 0 Å². The van der Waals surface area contributed by atoms with E-state index in [1.807, 2.05) is 0 Å². The predicted octanol–water partition coefficient (Wildman–Crippen LogP) is 3.52. The summed E-state index contributed by atoms with van der Waals surface area (Å²) in [5.74, 6) is 1.69. The standard InChI is InChI=1S/C18H33NO2/c1-3-20-16-10-14(11-16)12-17(19-2)15-6-9-21-18(13-15)7-4-5-8-18/h14-17,19H,3-13H2,1-2H3. The smallest absolute Gasteiger partial charge is 0.0685 e. The van der Waals surface area contributed by atoms with Crippen LogP contribution in [0.2, 0.25) is 0 Å². The Morgan fingerprint density at radius 3 is 2.71 bits per heavy atom. The maximum atomic E-state index is 6.20. The molecule has 0 amide bonds. The molecule has 2 atom stereocenters. The molecule has 0 aromatic rings. The highest BCUT2D eigenvalue weighted by atomic mass is 16.5.